The molecule has 0 bridgehead atoms. The molecule has 3 aromatic carbocycles. The summed E-state index contributed by atoms with van der Waals surface area (Å²) in [6.07, 6.45) is 2.82. The molecule has 3 nitrogen and oxygen atoms in total. The number of hydrogen-bond donors (Lipinski definition) is 0. The summed E-state index contributed by atoms with van der Waals surface area (Å²) in [7, 11) is 3.75. The summed E-state index contributed by atoms with van der Waals surface area (Å²) in [6.45, 7) is 7.36. The molecule has 0 radical (unpaired) electrons. The lowest BCUT2D eigenvalue weighted by molar-refractivity contribution is 0.416. The smallest absolute Gasteiger partial charge is 0.126 e. The fourth-order valence-electron chi connectivity index (χ4n) is 3.34. The van der Waals surface area contributed by atoms with Crippen molar-refractivity contribution >= 4 is 12.0 Å². The average molecular weight is 387 g/mol. The number of hydrogen-bond acceptors (Lipinski definition) is 2. The zero-order valence-electron chi connectivity index (χ0n) is 18.1. The van der Waals surface area contributed by atoms with Gasteiger partial charge in [-0.3, -0.25) is 0 Å². The first-order chi connectivity index (χ1) is 14.0. The molecule has 0 aromatic heterocycles. The topological polar surface area (TPSA) is 24.8 Å². The van der Waals surface area contributed by atoms with E-state index < -0.39 is 0 Å². The van der Waals surface area contributed by atoms with Crippen molar-refractivity contribution in [2.45, 2.75) is 27.2 Å². The van der Waals surface area contributed by atoms with E-state index in [1.54, 1.807) is 7.11 Å². The SMILES string of the molecule is CCN(C)/C=N\c1cc(C)c(Cc2ccc(-c3ccccc3OC)cc2)cc1C. The maximum absolute atomic E-state index is 5.49. The van der Waals surface area contributed by atoms with Crippen molar-refractivity contribution in [1.29, 1.82) is 0 Å². The largest absolute Gasteiger partial charge is 0.496 e. The first-order valence-electron chi connectivity index (χ1n) is 10.1. The highest BCUT2D eigenvalue weighted by molar-refractivity contribution is 5.70. The number of para-hydroxylation sites is 1. The minimum atomic E-state index is 0.900. The van der Waals surface area contributed by atoms with Crippen molar-refractivity contribution in [3.8, 4) is 16.9 Å². The molecule has 29 heavy (non-hydrogen) atoms. The van der Waals surface area contributed by atoms with E-state index >= 15 is 0 Å². The van der Waals surface area contributed by atoms with Gasteiger partial charge in [0.15, 0.2) is 0 Å². The fourth-order valence-corrected chi connectivity index (χ4v) is 3.34. The Balaban J connectivity index is 1.80. The first kappa shape index (κ1) is 20.7. The van der Waals surface area contributed by atoms with Gasteiger partial charge >= 0.3 is 0 Å². The van der Waals surface area contributed by atoms with Crippen molar-refractivity contribution in [3.63, 3.8) is 0 Å². The van der Waals surface area contributed by atoms with Crippen molar-refractivity contribution in [3.05, 3.63) is 82.9 Å². The summed E-state index contributed by atoms with van der Waals surface area (Å²) < 4.78 is 5.49. The van der Waals surface area contributed by atoms with Crippen LogP contribution in [0, 0.1) is 13.8 Å². The number of rotatable bonds is 7. The van der Waals surface area contributed by atoms with Crippen LogP contribution in [0.25, 0.3) is 11.1 Å². The molecule has 3 aromatic rings. The van der Waals surface area contributed by atoms with Gasteiger partial charge in [-0.2, -0.15) is 0 Å². The van der Waals surface area contributed by atoms with Gasteiger partial charge in [0.05, 0.1) is 19.1 Å². The molecule has 0 aliphatic heterocycles. The van der Waals surface area contributed by atoms with Gasteiger partial charge in [0.2, 0.25) is 0 Å². The summed E-state index contributed by atoms with van der Waals surface area (Å²) in [5.74, 6) is 0.900. The Morgan fingerprint density at radius 2 is 1.69 bits per heavy atom. The Hall–Kier alpha value is -3.07. The second kappa shape index (κ2) is 9.42. The van der Waals surface area contributed by atoms with E-state index in [1.165, 1.54) is 27.8 Å². The second-order valence-corrected chi connectivity index (χ2v) is 7.46. The van der Waals surface area contributed by atoms with Crippen LogP contribution >= 0.6 is 0 Å². The van der Waals surface area contributed by atoms with Crippen molar-refractivity contribution in [2.24, 2.45) is 4.99 Å². The minimum Gasteiger partial charge on any atom is -0.496 e. The van der Waals surface area contributed by atoms with Crippen LogP contribution in [0.3, 0.4) is 0 Å². The number of methoxy groups -OCH3 is 1. The monoisotopic (exact) mass is 386 g/mol. The Kier molecular flexibility index (Phi) is 6.71. The van der Waals surface area contributed by atoms with Crippen LogP contribution in [0.2, 0.25) is 0 Å². The molecule has 150 valence electrons. The molecule has 3 rings (SSSR count). The highest BCUT2D eigenvalue weighted by atomic mass is 16.5. The Morgan fingerprint density at radius 1 is 0.966 bits per heavy atom. The molecule has 0 amide bonds. The van der Waals surface area contributed by atoms with Crippen LogP contribution in [0.4, 0.5) is 5.69 Å². The lowest BCUT2D eigenvalue weighted by Crippen LogP contribution is -2.14. The van der Waals surface area contributed by atoms with E-state index in [0.29, 0.717) is 0 Å². The number of aliphatic imine (C=N–C) groups is 1. The van der Waals surface area contributed by atoms with Crippen molar-refractivity contribution < 1.29 is 4.74 Å². The zero-order valence-corrected chi connectivity index (χ0v) is 18.1. The van der Waals surface area contributed by atoms with Crippen molar-refractivity contribution in [2.75, 3.05) is 20.7 Å². The number of aryl methyl sites for hydroxylation is 2. The van der Waals surface area contributed by atoms with Crippen LogP contribution in [0.15, 0.2) is 65.7 Å². The molecule has 0 aliphatic rings. The Morgan fingerprint density at radius 3 is 2.38 bits per heavy atom. The minimum absolute atomic E-state index is 0.900. The van der Waals surface area contributed by atoms with E-state index in [-0.39, 0.29) is 0 Å². The predicted octanol–water partition coefficient (Wildman–Crippen LogP) is 6.18. The number of nitrogens with zero attached hydrogens (tertiary/aromatic N) is 2. The van der Waals surface area contributed by atoms with E-state index in [1.807, 2.05) is 31.6 Å². The molecule has 0 atom stereocenters. The lowest BCUT2D eigenvalue weighted by Gasteiger charge is -2.13. The molecular weight excluding hydrogens is 356 g/mol. The van der Waals surface area contributed by atoms with Gasteiger partial charge in [0.1, 0.15) is 5.75 Å². The number of ether oxygens (including phenoxy) is 1. The van der Waals surface area contributed by atoms with E-state index in [0.717, 1.165) is 30.0 Å². The lowest BCUT2D eigenvalue weighted by atomic mass is 9.96. The third-order valence-corrected chi connectivity index (χ3v) is 5.31. The predicted molar refractivity (Wildman–Crippen MR) is 124 cm³/mol. The van der Waals surface area contributed by atoms with Crippen molar-refractivity contribution in [1.82, 2.24) is 4.90 Å². The molecule has 0 unspecified atom stereocenters. The Labute approximate surface area is 174 Å². The van der Waals surface area contributed by atoms with Crippen LogP contribution < -0.4 is 4.74 Å². The van der Waals surface area contributed by atoms with Crippen LogP contribution in [0.1, 0.15) is 29.2 Å². The quantitative estimate of drug-likeness (QED) is 0.358. The van der Waals surface area contributed by atoms with E-state index in [9.17, 15) is 0 Å². The summed E-state index contributed by atoms with van der Waals surface area (Å²) in [4.78, 5) is 6.71. The summed E-state index contributed by atoms with van der Waals surface area (Å²) in [5.41, 5.74) is 8.45. The normalized spacial score (nSPS) is 11.1. The molecule has 0 saturated carbocycles. The fraction of sp³-hybridized carbons (Fsp3) is 0.269. The van der Waals surface area contributed by atoms with Crippen LogP contribution in [0.5, 0.6) is 5.75 Å². The second-order valence-electron chi connectivity index (χ2n) is 7.46. The summed E-state index contributed by atoms with van der Waals surface area (Å²) in [6, 6.07) is 21.3. The molecule has 0 spiro atoms. The molecule has 3 heteroatoms. The van der Waals surface area contributed by atoms with Gasteiger partial charge in [-0.15, -0.1) is 0 Å². The molecule has 0 heterocycles. The maximum atomic E-state index is 5.49. The van der Waals surface area contributed by atoms with Gasteiger partial charge < -0.3 is 9.64 Å². The molecule has 0 N–H and O–H groups in total. The molecular formula is C26H30N2O. The number of benzene rings is 3. The van der Waals surface area contributed by atoms with Gasteiger partial charge in [0.25, 0.3) is 0 Å². The standard InChI is InChI=1S/C26H30N2O/c1-6-28(4)18-27-25-16-19(2)23(15-20(25)3)17-21-11-13-22(14-12-21)24-9-7-8-10-26(24)29-5/h7-16,18H,6,17H2,1-5H3/b27-18-. The van der Waals surface area contributed by atoms with E-state index in [4.69, 9.17) is 4.74 Å². The Bertz CT molecular complexity index is 990. The van der Waals surface area contributed by atoms with Gasteiger partial charge in [-0.05, 0) is 67.1 Å². The van der Waals surface area contributed by atoms with Gasteiger partial charge in [0, 0.05) is 19.2 Å². The average Bonchev–Trinajstić information content (AvgIpc) is 2.75. The summed E-state index contributed by atoms with van der Waals surface area (Å²) >= 11 is 0. The highest BCUT2D eigenvalue weighted by Gasteiger charge is 2.08. The molecule has 0 fully saturated rings. The van der Waals surface area contributed by atoms with Gasteiger partial charge in [-0.1, -0.05) is 48.5 Å². The third kappa shape index (κ3) is 5.05. The summed E-state index contributed by atoms with van der Waals surface area (Å²) in [5, 5.41) is 0. The van der Waals surface area contributed by atoms with Gasteiger partial charge in [-0.25, -0.2) is 4.99 Å². The molecule has 0 saturated heterocycles. The van der Waals surface area contributed by atoms with E-state index in [2.05, 4.69) is 73.1 Å². The van der Waals surface area contributed by atoms with Crippen LogP contribution in [-0.2, 0) is 6.42 Å². The first-order valence-corrected chi connectivity index (χ1v) is 10.1. The molecule has 0 aliphatic carbocycles. The zero-order chi connectivity index (χ0) is 20.8. The van der Waals surface area contributed by atoms with Crippen LogP contribution in [-0.4, -0.2) is 31.9 Å². The maximum Gasteiger partial charge on any atom is 0.126 e. The third-order valence-electron chi connectivity index (χ3n) is 5.31. The highest BCUT2D eigenvalue weighted by Crippen LogP contribution is 2.30.